The Morgan fingerprint density at radius 2 is 1.81 bits per heavy atom. The molecule has 0 spiro atoms. The molecule has 2 aromatic carbocycles. The molecular weight excluding hydrogens is 502 g/mol. The summed E-state index contributed by atoms with van der Waals surface area (Å²) in [5, 5.41) is 3.29. The largest absolute Gasteiger partial charge is 0.497 e. The highest BCUT2D eigenvalue weighted by atomic mass is 35.5. The van der Waals surface area contributed by atoms with Crippen LogP contribution in [0.3, 0.4) is 0 Å². The van der Waals surface area contributed by atoms with Crippen LogP contribution in [0.25, 0.3) is 0 Å². The number of amides is 2. The molecule has 0 aliphatic rings. The quantitative estimate of drug-likeness (QED) is 0.441. The van der Waals surface area contributed by atoms with Gasteiger partial charge >= 0.3 is 0 Å². The molecule has 198 valence electrons. The number of ether oxygens (including phenoxy) is 1. The maximum absolute atomic E-state index is 13.7. The number of nitrogens with one attached hydrogen (secondary N) is 1. The van der Waals surface area contributed by atoms with E-state index in [9.17, 15) is 18.0 Å². The minimum absolute atomic E-state index is 0.107. The fourth-order valence-electron chi connectivity index (χ4n) is 3.77. The van der Waals surface area contributed by atoms with Gasteiger partial charge in [-0.1, -0.05) is 50.6 Å². The lowest BCUT2D eigenvalue weighted by Gasteiger charge is -2.33. The van der Waals surface area contributed by atoms with Gasteiger partial charge in [0.2, 0.25) is 21.8 Å². The number of rotatable bonds is 12. The second-order valence-corrected chi connectivity index (χ2v) is 11.4. The minimum Gasteiger partial charge on any atom is -0.497 e. The summed E-state index contributed by atoms with van der Waals surface area (Å²) in [5.74, 6) is 0.0616. The third-order valence-electron chi connectivity index (χ3n) is 5.74. The first-order valence-electron chi connectivity index (χ1n) is 11.8. The molecule has 1 atom stereocenters. The predicted octanol–water partition coefficient (Wildman–Crippen LogP) is 4.00. The van der Waals surface area contributed by atoms with E-state index in [1.54, 1.807) is 50.4 Å². The van der Waals surface area contributed by atoms with Crippen molar-refractivity contribution in [2.75, 3.05) is 30.8 Å². The summed E-state index contributed by atoms with van der Waals surface area (Å²) in [4.78, 5) is 28.3. The number of methoxy groups -OCH3 is 1. The zero-order valence-corrected chi connectivity index (χ0v) is 23.3. The highest BCUT2D eigenvalue weighted by molar-refractivity contribution is 7.92. The molecule has 0 bridgehead atoms. The molecule has 0 aromatic heterocycles. The third-order valence-corrected chi connectivity index (χ3v) is 7.28. The Labute approximate surface area is 219 Å². The predicted molar refractivity (Wildman–Crippen MR) is 144 cm³/mol. The zero-order chi connectivity index (χ0) is 27.0. The van der Waals surface area contributed by atoms with Gasteiger partial charge in [-0.2, -0.15) is 0 Å². The van der Waals surface area contributed by atoms with Crippen LogP contribution in [-0.4, -0.2) is 57.6 Å². The first-order valence-corrected chi connectivity index (χ1v) is 14.0. The number of carbonyl (C=O) groups is 2. The van der Waals surface area contributed by atoms with Crippen LogP contribution in [0.1, 0.15) is 38.3 Å². The lowest BCUT2D eigenvalue weighted by atomic mass is 10.1. The molecule has 0 aliphatic carbocycles. The molecule has 0 heterocycles. The fourth-order valence-corrected chi connectivity index (χ4v) is 4.84. The first kappa shape index (κ1) is 29.5. The SMILES string of the molecule is CC[C@@H](C(=O)NCC(C)C)N(Cc1cccc(OC)c1)C(=O)CN(c1cccc(Cl)c1C)S(C)(=O)=O. The van der Waals surface area contributed by atoms with E-state index in [0.29, 0.717) is 35.0 Å². The Kier molecular flexibility index (Phi) is 10.6. The van der Waals surface area contributed by atoms with Crippen molar-refractivity contribution < 1.29 is 22.7 Å². The molecule has 0 aliphatic heterocycles. The van der Waals surface area contributed by atoms with Gasteiger partial charge in [0.1, 0.15) is 18.3 Å². The van der Waals surface area contributed by atoms with Crippen LogP contribution >= 0.6 is 11.6 Å². The molecule has 1 N–H and O–H groups in total. The van der Waals surface area contributed by atoms with Crippen molar-refractivity contribution in [1.82, 2.24) is 10.2 Å². The van der Waals surface area contributed by atoms with E-state index in [4.69, 9.17) is 16.3 Å². The zero-order valence-electron chi connectivity index (χ0n) is 21.7. The molecule has 2 aromatic rings. The van der Waals surface area contributed by atoms with E-state index >= 15 is 0 Å². The Balaban J connectivity index is 2.48. The lowest BCUT2D eigenvalue weighted by Crippen LogP contribution is -2.52. The van der Waals surface area contributed by atoms with Crippen molar-refractivity contribution in [2.24, 2.45) is 5.92 Å². The van der Waals surface area contributed by atoms with E-state index in [-0.39, 0.29) is 18.4 Å². The van der Waals surface area contributed by atoms with Crippen molar-refractivity contribution in [3.05, 3.63) is 58.6 Å². The Morgan fingerprint density at radius 3 is 2.39 bits per heavy atom. The van der Waals surface area contributed by atoms with Gasteiger partial charge in [-0.3, -0.25) is 13.9 Å². The topological polar surface area (TPSA) is 96.0 Å². The maximum atomic E-state index is 13.7. The number of hydrogen-bond acceptors (Lipinski definition) is 5. The van der Waals surface area contributed by atoms with Gasteiger partial charge in [-0.25, -0.2) is 8.42 Å². The van der Waals surface area contributed by atoms with Crippen molar-refractivity contribution in [3.63, 3.8) is 0 Å². The smallest absolute Gasteiger partial charge is 0.244 e. The highest BCUT2D eigenvalue weighted by Gasteiger charge is 2.32. The molecule has 0 radical (unpaired) electrons. The summed E-state index contributed by atoms with van der Waals surface area (Å²) in [6.45, 7) is 7.58. The summed E-state index contributed by atoms with van der Waals surface area (Å²) in [6.07, 6.45) is 1.40. The molecule has 0 saturated heterocycles. The number of carbonyl (C=O) groups excluding carboxylic acids is 2. The number of halogens is 1. The van der Waals surface area contributed by atoms with Crippen LogP contribution in [0.4, 0.5) is 5.69 Å². The van der Waals surface area contributed by atoms with Crippen LogP contribution in [0.5, 0.6) is 5.75 Å². The van der Waals surface area contributed by atoms with E-state index in [1.165, 1.54) is 4.90 Å². The van der Waals surface area contributed by atoms with Gasteiger partial charge in [-0.05, 0) is 54.7 Å². The second-order valence-electron chi connectivity index (χ2n) is 9.09. The first-order chi connectivity index (χ1) is 16.9. The molecule has 0 saturated carbocycles. The molecule has 36 heavy (non-hydrogen) atoms. The summed E-state index contributed by atoms with van der Waals surface area (Å²) in [7, 11) is -2.29. The summed E-state index contributed by atoms with van der Waals surface area (Å²) < 4.78 is 31.9. The Morgan fingerprint density at radius 1 is 1.14 bits per heavy atom. The maximum Gasteiger partial charge on any atom is 0.244 e. The minimum atomic E-state index is -3.84. The van der Waals surface area contributed by atoms with Gasteiger partial charge in [0.25, 0.3) is 0 Å². The van der Waals surface area contributed by atoms with E-state index in [0.717, 1.165) is 16.1 Å². The Hall–Kier alpha value is -2.78. The molecule has 2 amide bonds. The van der Waals surface area contributed by atoms with Crippen molar-refractivity contribution in [2.45, 2.75) is 46.7 Å². The molecule has 0 unspecified atom stereocenters. The van der Waals surface area contributed by atoms with Crippen LogP contribution in [0, 0.1) is 12.8 Å². The van der Waals surface area contributed by atoms with Gasteiger partial charge < -0.3 is 15.0 Å². The average molecular weight is 538 g/mol. The number of nitrogens with zero attached hydrogens (tertiary/aromatic N) is 2. The average Bonchev–Trinajstić information content (AvgIpc) is 2.82. The molecule has 8 nitrogen and oxygen atoms in total. The van der Waals surface area contributed by atoms with Gasteiger partial charge in [0.05, 0.1) is 19.1 Å². The number of hydrogen-bond donors (Lipinski definition) is 1. The summed E-state index contributed by atoms with van der Waals surface area (Å²) in [6, 6.07) is 11.3. The van der Waals surface area contributed by atoms with E-state index in [1.807, 2.05) is 26.8 Å². The second kappa shape index (κ2) is 13.0. The standard InChI is InChI=1S/C26H36ClN3O5S/c1-7-23(26(32)28-15-18(2)3)29(16-20-10-8-11-21(14-20)35-5)25(31)17-30(36(6,33)34)24-13-9-12-22(27)19(24)4/h8-14,18,23H,7,15-17H2,1-6H3,(H,28,32)/t23-/m0/s1. The molecular formula is C26H36ClN3O5S. The molecule has 2 rings (SSSR count). The van der Waals surface area contributed by atoms with Crippen LogP contribution < -0.4 is 14.4 Å². The number of benzene rings is 2. The highest BCUT2D eigenvalue weighted by Crippen LogP contribution is 2.28. The number of anilines is 1. The van der Waals surface area contributed by atoms with Crippen LogP contribution in [0.2, 0.25) is 5.02 Å². The summed E-state index contributed by atoms with van der Waals surface area (Å²) >= 11 is 6.24. The number of sulfonamides is 1. The van der Waals surface area contributed by atoms with Gasteiger partial charge in [0.15, 0.2) is 0 Å². The third kappa shape index (κ3) is 7.86. The summed E-state index contributed by atoms with van der Waals surface area (Å²) in [5.41, 5.74) is 1.61. The van der Waals surface area contributed by atoms with Gasteiger partial charge in [0, 0.05) is 18.1 Å². The Bertz CT molecular complexity index is 1170. The monoisotopic (exact) mass is 537 g/mol. The van der Waals surface area contributed by atoms with Crippen molar-refractivity contribution in [1.29, 1.82) is 0 Å². The van der Waals surface area contributed by atoms with E-state index < -0.39 is 28.5 Å². The van der Waals surface area contributed by atoms with Crippen molar-refractivity contribution >= 4 is 39.1 Å². The fraction of sp³-hybridized carbons (Fsp3) is 0.462. The van der Waals surface area contributed by atoms with Crippen LogP contribution in [0.15, 0.2) is 42.5 Å². The van der Waals surface area contributed by atoms with Gasteiger partial charge in [-0.15, -0.1) is 0 Å². The molecule has 10 heteroatoms. The van der Waals surface area contributed by atoms with Crippen molar-refractivity contribution in [3.8, 4) is 5.75 Å². The van der Waals surface area contributed by atoms with Crippen LogP contribution in [-0.2, 0) is 26.2 Å². The molecule has 0 fully saturated rings. The lowest BCUT2D eigenvalue weighted by molar-refractivity contribution is -0.140. The normalized spacial score (nSPS) is 12.2. The van der Waals surface area contributed by atoms with E-state index in [2.05, 4.69) is 5.32 Å².